The fourth-order valence-electron chi connectivity index (χ4n) is 4.62. The number of amides is 2. The van der Waals surface area contributed by atoms with Crippen molar-refractivity contribution >= 4 is 62.6 Å². The van der Waals surface area contributed by atoms with Crippen LogP contribution in [-0.2, 0) is 11.2 Å². The number of thioether (sulfide) groups is 1. The molecule has 39 heavy (non-hydrogen) atoms. The van der Waals surface area contributed by atoms with Gasteiger partial charge in [0.15, 0.2) is 0 Å². The minimum Gasteiger partial charge on any atom is -0.326 e. The number of fused-ring (bicyclic) bond motifs is 3. The van der Waals surface area contributed by atoms with E-state index in [0.717, 1.165) is 38.2 Å². The van der Waals surface area contributed by atoms with E-state index < -0.39 is 5.82 Å². The molecule has 0 spiro atoms. The summed E-state index contributed by atoms with van der Waals surface area (Å²) in [4.78, 5) is 33.6. The minimum absolute atomic E-state index is 0.157. The lowest BCUT2D eigenvalue weighted by atomic mass is 9.99. The van der Waals surface area contributed by atoms with Gasteiger partial charge in [0.05, 0.1) is 21.5 Å². The topological polar surface area (TPSA) is 109 Å². The summed E-state index contributed by atoms with van der Waals surface area (Å²) in [5.41, 5.74) is 4.24. The van der Waals surface area contributed by atoms with Crippen LogP contribution >= 0.6 is 23.1 Å². The van der Waals surface area contributed by atoms with Crippen molar-refractivity contribution in [1.82, 2.24) is 0 Å². The van der Waals surface area contributed by atoms with E-state index in [-0.39, 0.29) is 17.7 Å². The van der Waals surface area contributed by atoms with Crippen molar-refractivity contribution in [3.63, 3.8) is 0 Å². The summed E-state index contributed by atoms with van der Waals surface area (Å²) in [6, 6.07) is 13.1. The number of nitrogens with zero attached hydrogens (tertiary/aromatic N) is 2. The van der Waals surface area contributed by atoms with E-state index in [0.29, 0.717) is 46.4 Å². The Kier molecular flexibility index (Phi) is 7.58. The summed E-state index contributed by atoms with van der Waals surface area (Å²) in [6.45, 7) is 3.92. The van der Waals surface area contributed by atoms with E-state index in [2.05, 4.69) is 10.3 Å². The largest absolute Gasteiger partial charge is 0.326 e. The number of thiophene rings is 1. The molecule has 0 bridgehead atoms. The Morgan fingerprint density at radius 1 is 1.15 bits per heavy atom. The summed E-state index contributed by atoms with van der Waals surface area (Å²) < 4.78 is 14.4. The van der Waals surface area contributed by atoms with Crippen molar-refractivity contribution in [2.75, 3.05) is 16.8 Å². The van der Waals surface area contributed by atoms with Crippen LogP contribution in [-0.4, -0.2) is 34.7 Å². The van der Waals surface area contributed by atoms with Crippen molar-refractivity contribution in [1.29, 1.82) is 10.8 Å². The molecule has 0 aliphatic carbocycles. The number of halogens is 1. The summed E-state index contributed by atoms with van der Waals surface area (Å²) in [5, 5.41) is 19.5. The lowest BCUT2D eigenvalue weighted by molar-refractivity contribution is -0.117. The van der Waals surface area contributed by atoms with Crippen molar-refractivity contribution < 1.29 is 14.0 Å². The first-order valence-corrected chi connectivity index (χ1v) is 14.0. The number of carbonyl (C=O) groups is 2. The van der Waals surface area contributed by atoms with Crippen LogP contribution in [0.15, 0.2) is 65.3 Å². The first kappa shape index (κ1) is 26.7. The summed E-state index contributed by atoms with van der Waals surface area (Å²) in [7, 11) is 0. The van der Waals surface area contributed by atoms with E-state index >= 15 is 0 Å². The Bertz CT molecular complexity index is 1560. The van der Waals surface area contributed by atoms with Crippen LogP contribution in [0, 0.1) is 22.6 Å². The van der Waals surface area contributed by atoms with Crippen molar-refractivity contribution in [3.8, 4) is 10.4 Å². The molecule has 2 aliphatic heterocycles. The molecule has 1 aromatic heterocycles. The molecule has 0 saturated carbocycles. The fourth-order valence-corrected chi connectivity index (χ4v) is 6.42. The van der Waals surface area contributed by atoms with Gasteiger partial charge in [0, 0.05) is 40.7 Å². The van der Waals surface area contributed by atoms with E-state index in [1.807, 2.05) is 13.0 Å². The molecule has 1 unspecified atom stereocenters. The maximum atomic E-state index is 14.4. The molecule has 0 fully saturated rings. The van der Waals surface area contributed by atoms with Gasteiger partial charge in [-0.2, -0.15) is 0 Å². The Morgan fingerprint density at radius 2 is 1.92 bits per heavy atom. The maximum absolute atomic E-state index is 14.4. The monoisotopic (exact) mass is 559 g/mol. The highest BCUT2D eigenvalue weighted by Gasteiger charge is 2.28. The van der Waals surface area contributed by atoms with Crippen LogP contribution in [0.3, 0.4) is 0 Å². The Morgan fingerprint density at radius 3 is 2.64 bits per heavy atom. The molecule has 3 heterocycles. The van der Waals surface area contributed by atoms with Gasteiger partial charge in [-0.3, -0.25) is 25.4 Å². The molecular weight excluding hydrogens is 533 g/mol. The third-order valence-corrected chi connectivity index (χ3v) is 8.56. The molecule has 10 heteroatoms. The number of anilines is 2. The molecule has 1 atom stereocenters. The van der Waals surface area contributed by atoms with Crippen LogP contribution in [0.2, 0.25) is 0 Å². The molecule has 0 saturated heterocycles. The zero-order valence-electron chi connectivity index (χ0n) is 21.4. The zero-order chi connectivity index (χ0) is 27.7. The van der Waals surface area contributed by atoms with Gasteiger partial charge in [-0.1, -0.05) is 17.3 Å². The van der Waals surface area contributed by atoms with Gasteiger partial charge in [-0.25, -0.2) is 4.39 Å². The number of hydrogen-bond acceptors (Lipinski definition) is 7. The molecule has 3 N–H and O–H groups in total. The molecule has 7 nitrogen and oxygen atoms in total. The van der Waals surface area contributed by atoms with E-state index in [1.165, 1.54) is 23.5 Å². The van der Waals surface area contributed by atoms with Crippen molar-refractivity contribution in [3.05, 3.63) is 82.1 Å². The molecule has 2 aromatic carbocycles. The lowest BCUT2D eigenvalue weighted by Gasteiger charge is -2.23. The minimum atomic E-state index is -0.441. The number of carbonyl (C=O) groups excluding carboxylic acids is 2. The number of aliphatic imine (C=N–C) groups is 1. The third-order valence-electron chi connectivity index (χ3n) is 6.47. The Balaban J connectivity index is 1.38. The third kappa shape index (κ3) is 5.76. The zero-order valence-corrected chi connectivity index (χ0v) is 23.0. The van der Waals surface area contributed by atoms with Crippen molar-refractivity contribution in [2.24, 2.45) is 10.9 Å². The van der Waals surface area contributed by atoms with Gasteiger partial charge in [-0.15, -0.1) is 11.3 Å². The van der Waals surface area contributed by atoms with Gasteiger partial charge < -0.3 is 10.2 Å². The Hall–Kier alpha value is -3.89. The molecule has 3 aromatic rings. The highest BCUT2D eigenvalue weighted by atomic mass is 32.2. The van der Waals surface area contributed by atoms with E-state index in [1.54, 1.807) is 54.6 Å². The van der Waals surface area contributed by atoms with Gasteiger partial charge in [-0.05, 0) is 80.8 Å². The highest BCUT2D eigenvalue weighted by Crippen LogP contribution is 2.43. The van der Waals surface area contributed by atoms with Crippen LogP contribution in [0.5, 0.6) is 0 Å². The van der Waals surface area contributed by atoms with Crippen LogP contribution in [0.25, 0.3) is 10.4 Å². The number of hydrogen-bond donors (Lipinski definition) is 3. The quantitative estimate of drug-likeness (QED) is 0.243. The molecule has 2 aliphatic rings. The summed E-state index contributed by atoms with van der Waals surface area (Å²) in [6.07, 6.45) is 4.54. The Labute approximate surface area is 233 Å². The average Bonchev–Trinajstić information content (AvgIpc) is 3.27. The predicted molar refractivity (Wildman–Crippen MR) is 158 cm³/mol. The second kappa shape index (κ2) is 11.1. The lowest BCUT2D eigenvalue weighted by Crippen LogP contribution is -2.32. The van der Waals surface area contributed by atoms with Gasteiger partial charge in [0.2, 0.25) is 5.91 Å². The van der Waals surface area contributed by atoms with E-state index in [9.17, 15) is 14.0 Å². The van der Waals surface area contributed by atoms with E-state index in [4.69, 9.17) is 10.8 Å². The molecule has 2 amide bonds. The van der Waals surface area contributed by atoms with Crippen LogP contribution in [0.1, 0.15) is 41.1 Å². The summed E-state index contributed by atoms with van der Waals surface area (Å²) >= 11 is 2.51. The highest BCUT2D eigenvalue weighted by molar-refractivity contribution is 8.26. The second-order valence-corrected chi connectivity index (χ2v) is 11.7. The van der Waals surface area contributed by atoms with Gasteiger partial charge in [0.1, 0.15) is 10.9 Å². The molecular formula is C29H26FN5O2S2. The predicted octanol–water partition coefficient (Wildman–Crippen LogP) is 6.75. The second-order valence-electron chi connectivity index (χ2n) is 9.47. The van der Waals surface area contributed by atoms with Crippen molar-refractivity contribution in [2.45, 2.75) is 26.7 Å². The fraction of sp³-hybridized carbons (Fsp3) is 0.207. The SMILES string of the molecule is CC(=N)SC(=N)c1cc2c(s1)-c1ccc(F)cc1N(C(=O)c1ccc(NC(=O)C3C=NC=C(C)C3)cc1)CC2. The van der Waals surface area contributed by atoms with Crippen LogP contribution < -0.4 is 10.2 Å². The first-order chi connectivity index (χ1) is 18.7. The molecule has 198 valence electrons. The van der Waals surface area contributed by atoms with Gasteiger partial charge in [0.25, 0.3) is 5.91 Å². The standard InChI is InChI=1S/C29H26FN5O2S2/c1-16-11-20(15-33-14-16)28(36)34-22-6-3-18(4-7-22)29(37)35-10-9-19-12-25(27(32)38-17(2)31)39-26(19)23-8-5-21(30)13-24(23)35/h3-8,12-15,20,31-32H,9-11H2,1-2H3,(H,34,36). The summed E-state index contributed by atoms with van der Waals surface area (Å²) in [5.74, 6) is -1.20. The normalized spacial score (nSPS) is 16.0. The molecule has 5 rings (SSSR count). The smallest absolute Gasteiger partial charge is 0.258 e. The van der Waals surface area contributed by atoms with Crippen LogP contribution in [0.4, 0.5) is 15.8 Å². The number of rotatable bonds is 4. The maximum Gasteiger partial charge on any atom is 0.258 e. The van der Waals surface area contributed by atoms with Gasteiger partial charge >= 0.3 is 0 Å². The number of nitrogens with one attached hydrogen (secondary N) is 3. The number of allylic oxidation sites excluding steroid dienone is 1. The average molecular weight is 560 g/mol. The first-order valence-electron chi connectivity index (χ1n) is 12.4. The number of benzene rings is 2. The molecule has 0 radical (unpaired) electrons.